The zero-order valence-electron chi connectivity index (χ0n) is 12.0. The van der Waals surface area contributed by atoms with Crippen LogP contribution in [-0.2, 0) is 27.4 Å². The van der Waals surface area contributed by atoms with Gasteiger partial charge in [0, 0.05) is 19.3 Å². The minimum Gasteiger partial charge on any atom is -0.377 e. The second-order valence-corrected chi connectivity index (χ2v) is 4.67. The van der Waals surface area contributed by atoms with Crippen molar-refractivity contribution in [1.29, 1.82) is 0 Å². The zero-order valence-corrected chi connectivity index (χ0v) is 12.0. The molecule has 1 rings (SSSR count). The molecule has 19 heavy (non-hydrogen) atoms. The second-order valence-electron chi connectivity index (χ2n) is 4.67. The highest BCUT2D eigenvalue weighted by Gasteiger charge is 2.17. The van der Waals surface area contributed by atoms with Gasteiger partial charge >= 0.3 is 0 Å². The van der Waals surface area contributed by atoms with E-state index in [1.54, 1.807) is 27.0 Å². The molecule has 0 bridgehead atoms. The van der Waals surface area contributed by atoms with Crippen molar-refractivity contribution >= 4 is 13.3 Å². The van der Waals surface area contributed by atoms with Gasteiger partial charge in [-0.05, 0) is 32.4 Å². The van der Waals surface area contributed by atoms with Crippen LogP contribution < -0.4 is 5.46 Å². The van der Waals surface area contributed by atoms with Crippen LogP contribution in [0, 0.1) is 5.82 Å². The van der Waals surface area contributed by atoms with Crippen molar-refractivity contribution in [1.82, 2.24) is 0 Å². The first-order valence-corrected chi connectivity index (χ1v) is 6.23. The van der Waals surface area contributed by atoms with Gasteiger partial charge in [-0.1, -0.05) is 11.5 Å². The van der Waals surface area contributed by atoms with Crippen molar-refractivity contribution in [3.05, 3.63) is 29.1 Å². The molecule has 3 nitrogen and oxygen atoms in total. The van der Waals surface area contributed by atoms with Crippen LogP contribution in [-0.4, -0.2) is 27.4 Å². The van der Waals surface area contributed by atoms with Crippen molar-refractivity contribution in [2.45, 2.75) is 39.8 Å². The SMILES string of the molecule is [B]c1cc(COCC)c(F)cc1COC(C)(C)OC. The van der Waals surface area contributed by atoms with E-state index in [-0.39, 0.29) is 19.0 Å². The molecular weight excluding hydrogens is 246 g/mol. The minimum absolute atomic E-state index is 0.193. The van der Waals surface area contributed by atoms with E-state index in [0.717, 1.165) is 0 Å². The molecule has 0 unspecified atom stereocenters. The minimum atomic E-state index is -0.729. The fourth-order valence-electron chi connectivity index (χ4n) is 1.44. The quantitative estimate of drug-likeness (QED) is 0.558. The molecule has 1 aromatic carbocycles. The van der Waals surface area contributed by atoms with Crippen LogP contribution in [0.5, 0.6) is 0 Å². The summed E-state index contributed by atoms with van der Waals surface area (Å²) in [6, 6.07) is 2.97. The predicted octanol–water partition coefficient (Wildman–Crippen LogP) is 2.06. The molecule has 0 heterocycles. The molecule has 0 N–H and O–H groups in total. The summed E-state index contributed by atoms with van der Waals surface area (Å²) in [7, 11) is 7.44. The molecular formula is C14H20BFO3. The summed E-state index contributed by atoms with van der Waals surface area (Å²) in [5.41, 5.74) is 1.54. The van der Waals surface area contributed by atoms with Crippen LogP contribution in [0.1, 0.15) is 31.9 Å². The van der Waals surface area contributed by atoms with Gasteiger partial charge in [0.25, 0.3) is 0 Å². The molecule has 0 aliphatic rings. The lowest BCUT2D eigenvalue weighted by Gasteiger charge is -2.24. The van der Waals surface area contributed by atoms with Crippen molar-refractivity contribution in [2.75, 3.05) is 13.7 Å². The van der Waals surface area contributed by atoms with E-state index in [4.69, 9.17) is 22.1 Å². The average Bonchev–Trinajstić information content (AvgIpc) is 2.37. The Hall–Kier alpha value is -0.905. The Kier molecular flexibility index (Phi) is 5.98. The Labute approximate surface area is 115 Å². The Morgan fingerprint density at radius 1 is 1.21 bits per heavy atom. The van der Waals surface area contributed by atoms with E-state index in [9.17, 15) is 4.39 Å². The number of halogens is 1. The molecule has 104 valence electrons. The van der Waals surface area contributed by atoms with Crippen LogP contribution >= 0.6 is 0 Å². The van der Waals surface area contributed by atoms with Gasteiger partial charge in [-0.15, -0.1) is 0 Å². The molecule has 1 aromatic rings. The maximum atomic E-state index is 13.8. The number of benzene rings is 1. The lowest BCUT2D eigenvalue weighted by atomic mass is 9.89. The third-order valence-electron chi connectivity index (χ3n) is 2.84. The molecule has 5 heteroatoms. The van der Waals surface area contributed by atoms with Crippen LogP contribution in [0.3, 0.4) is 0 Å². The summed E-state index contributed by atoms with van der Waals surface area (Å²) < 4.78 is 29.7. The molecule has 0 saturated carbocycles. The molecule has 0 saturated heterocycles. The molecule has 0 fully saturated rings. The topological polar surface area (TPSA) is 27.7 Å². The Morgan fingerprint density at radius 2 is 1.89 bits per heavy atom. The third-order valence-corrected chi connectivity index (χ3v) is 2.84. The van der Waals surface area contributed by atoms with Gasteiger partial charge in [-0.2, -0.15) is 0 Å². The van der Waals surface area contributed by atoms with Gasteiger partial charge in [0.1, 0.15) is 13.7 Å². The largest absolute Gasteiger partial charge is 0.377 e. The fraction of sp³-hybridized carbons (Fsp3) is 0.571. The number of hydrogen-bond acceptors (Lipinski definition) is 3. The highest BCUT2D eigenvalue weighted by Crippen LogP contribution is 2.15. The van der Waals surface area contributed by atoms with Gasteiger partial charge in [0.2, 0.25) is 0 Å². The second kappa shape index (κ2) is 7.03. The van der Waals surface area contributed by atoms with E-state index in [2.05, 4.69) is 0 Å². The van der Waals surface area contributed by atoms with E-state index >= 15 is 0 Å². The molecule has 0 amide bonds. The van der Waals surface area contributed by atoms with Crippen molar-refractivity contribution in [3.63, 3.8) is 0 Å². The highest BCUT2D eigenvalue weighted by molar-refractivity contribution is 6.33. The number of rotatable bonds is 7. The summed E-state index contributed by atoms with van der Waals surface area (Å²) in [6.07, 6.45) is 0. The first kappa shape index (κ1) is 16.2. The van der Waals surface area contributed by atoms with E-state index < -0.39 is 5.79 Å². The molecule has 0 aromatic heterocycles. The molecule has 2 radical (unpaired) electrons. The van der Waals surface area contributed by atoms with E-state index in [1.807, 2.05) is 6.92 Å². The molecule has 0 atom stereocenters. The van der Waals surface area contributed by atoms with Gasteiger partial charge < -0.3 is 14.2 Å². The summed E-state index contributed by atoms with van der Waals surface area (Å²) in [5, 5.41) is 0. The normalized spacial score (nSPS) is 11.8. The smallest absolute Gasteiger partial charge is 0.162 e. The summed E-state index contributed by atoms with van der Waals surface area (Å²) >= 11 is 0. The number of ether oxygens (including phenoxy) is 3. The maximum absolute atomic E-state index is 13.8. The Bertz CT molecular complexity index is 421. The fourth-order valence-corrected chi connectivity index (χ4v) is 1.44. The number of methoxy groups -OCH3 is 1. The zero-order chi connectivity index (χ0) is 14.5. The first-order valence-electron chi connectivity index (χ1n) is 6.23. The van der Waals surface area contributed by atoms with E-state index in [0.29, 0.717) is 23.2 Å². The van der Waals surface area contributed by atoms with Crippen molar-refractivity contribution < 1.29 is 18.6 Å². The van der Waals surface area contributed by atoms with Crippen LogP contribution in [0.15, 0.2) is 12.1 Å². The summed E-state index contributed by atoms with van der Waals surface area (Å²) in [6.45, 7) is 6.37. The van der Waals surface area contributed by atoms with Gasteiger partial charge in [0.15, 0.2) is 5.79 Å². The third kappa shape index (κ3) is 4.93. The maximum Gasteiger partial charge on any atom is 0.162 e. The highest BCUT2D eigenvalue weighted by atomic mass is 19.1. The molecule has 0 aliphatic heterocycles. The van der Waals surface area contributed by atoms with E-state index in [1.165, 1.54) is 6.07 Å². The van der Waals surface area contributed by atoms with Crippen LogP contribution in [0.25, 0.3) is 0 Å². The Morgan fingerprint density at radius 3 is 2.47 bits per heavy atom. The predicted molar refractivity (Wildman–Crippen MR) is 73.0 cm³/mol. The van der Waals surface area contributed by atoms with Gasteiger partial charge in [-0.3, -0.25) is 0 Å². The lowest BCUT2D eigenvalue weighted by Crippen LogP contribution is -2.28. The lowest BCUT2D eigenvalue weighted by molar-refractivity contribution is -0.204. The monoisotopic (exact) mass is 266 g/mol. The van der Waals surface area contributed by atoms with Gasteiger partial charge in [0.05, 0.1) is 13.2 Å². The van der Waals surface area contributed by atoms with Crippen molar-refractivity contribution in [2.24, 2.45) is 0 Å². The van der Waals surface area contributed by atoms with Crippen molar-refractivity contribution in [3.8, 4) is 0 Å². The summed E-state index contributed by atoms with van der Waals surface area (Å²) in [5.74, 6) is -1.07. The summed E-state index contributed by atoms with van der Waals surface area (Å²) in [4.78, 5) is 0. The first-order chi connectivity index (χ1) is 8.89. The molecule has 0 spiro atoms. The average molecular weight is 266 g/mol. The molecule has 0 aliphatic carbocycles. The standard InChI is InChI=1S/C14H20BFO3/c1-5-18-8-11-6-12(15)10(7-13(11)16)9-19-14(2,3)17-4/h6-7H,5,8-9H2,1-4H3. The Balaban J connectivity index is 2.78. The van der Waals surface area contributed by atoms with Gasteiger partial charge in [-0.25, -0.2) is 4.39 Å². The van der Waals surface area contributed by atoms with Crippen LogP contribution in [0.2, 0.25) is 0 Å². The number of hydrogen-bond donors (Lipinski definition) is 0. The van der Waals surface area contributed by atoms with Crippen LogP contribution in [0.4, 0.5) is 4.39 Å².